The van der Waals surface area contributed by atoms with E-state index in [1.807, 2.05) is 19.2 Å². The van der Waals surface area contributed by atoms with E-state index in [2.05, 4.69) is 22.1 Å². The first-order valence-corrected chi connectivity index (χ1v) is 6.84. The highest BCUT2D eigenvalue weighted by molar-refractivity contribution is 5.79. The number of guanidine groups is 1. The van der Waals surface area contributed by atoms with Crippen LogP contribution in [0.5, 0.6) is 0 Å². The second kappa shape index (κ2) is 8.51. The average molecular weight is 265 g/mol. The minimum absolute atomic E-state index is 0.140. The highest BCUT2D eigenvalue weighted by Crippen LogP contribution is 2.06. The first kappa shape index (κ1) is 15.5. The van der Waals surface area contributed by atoms with Crippen molar-refractivity contribution < 1.29 is 4.39 Å². The van der Waals surface area contributed by atoms with E-state index < -0.39 is 0 Å². The maximum Gasteiger partial charge on any atom is 0.193 e. The van der Waals surface area contributed by atoms with Crippen LogP contribution < -0.4 is 5.32 Å². The predicted octanol–water partition coefficient (Wildman–Crippen LogP) is 2.68. The predicted molar refractivity (Wildman–Crippen MR) is 79.0 cm³/mol. The van der Waals surface area contributed by atoms with Crippen LogP contribution in [0, 0.1) is 5.82 Å². The summed E-state index contributed by atoms with van der Waals surface area (Å²) in [5.41, 5.74) is 0.738. The van der Waals surface area contributed by atoms with Gasteiger partial charge in [-0.1, -0.05) is 31.5 Å². The maximum absolute atomic E-state index is 13.5. The number of rotatable bonds is 6. The van der Waals surface area contributed by atoms with Crippen molar-refractivity contribution in [2.24, 2.45) is 4.99 Å². The molecule has 0 aliphatic rings. The number of aliphatic imine (C=N–C) groups is 1. The van der Waals surface area contributed by atoms with Crippen LogP contribution in [0.1, 0.15) is 25.3 Å². The SMILES string of the molecule is CCCCN(C)C(=NC)NCCc1ccccc1F. The summed E-state index contributed by atoms with van der Waals surface area (Å²) in [6, 6.07) is 6.89. The van der Waals surface area contributed by atoms with Gasteiger partial charge in [0.25, 0.3) is 0 Å². The highest BCUT2D eigenvalue weighted by atomic mass is 19.1. The van der Waals surface area contributed by atoms with Crippen LogP contribution in [0.2, 0.25) is 0 Å². The molecule has 0 fully saturated rings. The molecule has 0 radical (unpaired) electrons. The fraction of sp³-hybridized carbons (Fsp3) is 0.533. The molecule has 1 aromatic rings. The molecule has 1 rings (SSSR count). The lowest BCUT2D eigenvalue weighted by atomic mass is 10.1. The molecule has 4 heteroatoms. The van der Waals surface area contributed by atoms with Gasteiger partial charge in [-0.05, 0) is 24.5 Å². The van der Waals surface area contributed by atoms with E-state index >= 15 is 0 Å². The summed E-state index contributed by atoms with van der Waals surface area (Å²) in [6.07, 6.45) is 2.97. The number of benzene rings is 1. The number of nitrogens with zero attached hydrogens (tertiary/aromatic N) is 2. The molecule has 1 N–H and O–H groups in total. The molecule has 0 amide bonds. The van der Waals surface area contributed by atoms with Gasteiger partial charge in [-0.2, -0.15) is 0 Å². The minimum atomic E-state index is -0.140. The number of hydrogen-bond donors (Lipinski definition) is 1. The zero-order valence-corrected chi connectivity index (χ0v) is 12.1. The second-order valence-corrected chi connectivity index (χ2v) is 4.59. The van der Waals surface area contributed by atoms with Crippen LogP contribution >= 0.6 is 0 Å². The lowest BCUT2D eigenvalue weighted by Crippen LogP contribution is -2.40. The smallest absolute Gasteiger partial charge is 0.193 e. The Kier molecular flexibility index (Phi) is 6.93. The Morgan fingerprint density at radius 1 is 1.37 bits per heavy atom. The van der Waals surface area contributed by atoms with Gasteiger partial charge in [0.1, 0.15) is 5.82 Å². The van der Waals surface area contributed by atoms with Crippen molar-refractivity contribution in [1.29, 1.82) is 0 Å². The van der Waals surface area contributed by atoms with Crippen LogP contribution in [0.15, 0.2) is 29.3 Å². The van der Waals surface area contributed by atoms with Crippen molar-refractivity contribution in [2.45, 2.75) is 26.2 Å². The summed E-state index contributed by atoms with van der Waals surface area (Å²) in [4.78, 5) is 6.33. The van der Waals surface area contributed by atoms with Crippen molar-refractivity contribution in [3.05, 3.63) is 35.6 Å². The molecule has 0 aliphatic carbocycles. The second-order valence-electron chi connectivity index (χ2n) is 4.59. The molecule has 0 bridgehead atoms. The third-order valence-electron chi connectivity index (χ3n) is 3.06. The summed E-state index contributed by atoms with van der Waals surface area (Å²) in [6.45, 7) is 3.84. The first-order valence-electron chi connectivity index (χ1n) is 6.84. The Bertz CT molecular complexity index is 404. The van der Waals surface area contributed by atoms with Gasteiger partial charge in [-0.15, -0.1) is 0 Å². The molecule has 106 valence electrons. The van der Waals surface area contributed by atoms with Crippen LogP contribution in [0.25, 0.3) is 0 Å². The van der Waals surface area contributed by atoms with Crippen molar-refractivity contribution in [3.8, 4) is 0 Å². The number of halogens is 1. The summed E-state index contributed by atoms with van der Waals surface area (Å²) >= 11 is 0. The maximum atomic E-state index is 13.5. The normalized spacial score (nSPS) is 11.5. The van der Waals surface area contributed by atoms with Gasteiger partial charge in [0.15, 0.2) is 5.96 Å². The summed E-state index contributed by atoms with van der Waals surface area (Å²) in [7, 11) is 3.79. The Morgan fingerprint density at radius 3 is 2.74 bits per heavy atom. The molecule has 1 aromatic carbocycles. The molecule has 19 heavy (non-hydrogen) atoms. The standard InChI is InChI=1S/C15H24FN3/c1-4-5-12-19(3)15(17-2)18-11-10-13-8-6-7-9-14(13)16/h6-9H,4-5,10-12H2,1-3H3,(H,17,18). The van der Waals surface area contributed by atoms with Gasteiger partial charge in [0.05, 0.1) is 0 Å². The molecule has 0 aromatic heterocycles. The molecule has 0 saturated carbocycles. The third kappa shape index (κ3) is 5.28. The van der Waals surface area contributed by atoms with E-state index in [0.717, 1.165) is 30.9 Å². The number of hydrogen-bond acceptors (Lipinski definition) is 1. The van der Waals surface area contributed by atoms with Gasteiger partial charge in [0.2, 0.25) is 0 Å². The third-order valence-corrected chi connectivity index (χ3v) is 3.06. The number of nitrogens with one attached hydrogen (secondary N) is 1. The van der Waals surface area contributed by atoms with Gasteiger partial charge in [0, 0.05) is 27.2 Å². The van der Waals surface area contributed by atoms with Crippen molar-refractivity contribution in [2.75, 3.05) is 27.2 Å². The molecule has 0 spiro atoms. The van der Waals surface area contributed by atoms with Crippen LogP contribution in [-0.2, 0) is 6.42 Å². The fourth-order valence-electron chi connectivity index (χ4n) is 1.90. The van der Waals surface area contributed by atoms with Gasteiger partial charge in [-0.3, -0.25) is 4.99 Å². The minimum Gasteiger partial charge on any atom is -0.356 e. The Morgan fingerprint density at radius 2 is 2.11 bits per heavy atom. The Hall–Kier alpha value is -1.58. The number of unbranched alkanes of at least 4 members (excludes halogenated alkanes) is 1. The monoisotopic (exact) mass is 265 g/mol. The molecule has 0 heterocycles. The molecule has 3 nitrogen and oxygen atoms in total. The molecular formula is C15H24FN3. The first-order chi connectivity index (χ1) is 9.19. The lowest BCUT2D eigenvalue weighted by molar-refractivity contribution is 0.465. The van der Waals surface area contributed by atoms with E-state index in [4.69, 9.17) is 0 Å². The topological polar surface area (TPSA) is 27.6 Å². The van der Waals surface area contributed by atoms with E-state index in [1.165, 1.54) is 6.07 Å². The summed E-state index contributed by atoms with van der Waals surface area (Å²) < 4.78 is 13.5. The molecule has 0 saturated heterocycles. The van der Waals surface area contributed by atoms with E-state index in [0.29, 0.717) is 13.0 Å². The van der Waals surface area contributed by atoms with E-state index in [-0.39, 0.29) is 5.82 Å². The van der Waals surface area contributed by atoms with Gasteiger partial charge < -0.3 is 10.2 Å². The zero-order chi connectivity index (χ0) is 14.1. The highest BCUT2D eigenvalue weighted by Gasteiger charge is 2.05. The van der Waals surface area contributed by atoms with E-state index in [9.17, 15) is 4.39 Å². The van der Waals surface area contributed by atoms with E-state index in [1.54, 1.807) is 13.1 Å². The van der Waals surface area contributed by atoms with Crippen molar-refractivity contribution in [1.82, 2.24) is 10.2 Å². The molecular weight excluding hydrogens is 241 g/mol. The van der Waals surface area contributed by atoms with Crippen LogP contribution in [-0.4, -0.2) is 38.0 Å². The van der Waals surface area contributed by atoms with Crippen molar-refractivity contribution in [3.63, 3.8) is 0 Å². The van der Waals surface area contributed by atoms with Crippen LogP contribution in [0.3, 0.4) is 0 Å². The molecule has 0 aliphatic heterocycles. The van der Waals surface area contributed by atoms with Gasteiger partial charge in [-0.25, -0.2) is 4.39 Å². The fourth-order valence-corrected chi connectivity index (χ4v) is 1.90. The largest absolute Gasteiger partial charge is 0.356 e. The quantitative estimate of drug-likeness (QED) is 0.632. The average Bonchev–Trinajstić information content (AvgIpc) is 2.43. The molecule has 0 atom stereocenters. The zero-order valence-electron chi connectivity index (χ0n) is 12.1. The Labute approximate surface area is 115 Å². The summed E-state index contributed by atoms with van der Waals surface area (Å²) in [5, 5.41) is 3.26. The van der Waals surface area contributed by atoms with Crippen molar-refractivity contribution >= 4 is 5.96 Å². The summed E-state index contributed by atoms with van der Waals surface area (Å²) in [5.74, 6) is 0.725. The molecule has 0 unspecified atom stereocenters. The Balaban J connectivity index is 2.40. The van der Waals surface area contributed by atoms with Crippen LogP contribution in [0.4, 0.5) is 4.39 Å². The lowest BCUT2D eigenvalue weighted by Gasteiger charge is -2.21. The van der Waals surface area contributed by atoms with Gasteiger partial charge >= 0.3 is 0 Å².